The first-order chi connectivity index (χ1) is 8.75. The van der Waals surface area contributed by atoms with Gasteiger partial charge >= 0.3 is 0 Å². The van der Waals surface area contributed by atoms with Crippen molar-refractivity contribution in [2.24, 2.45) is 0 Å². The molecule has 1 aliphatic rings. The SMILES string of the molecule is OC1=CN(c2ccccc2)c2cccc(Cl)c2S1. The molecular weight excluding hydrogens is 266 g/mol. The molecule has 1 aliphatic heterocycles. The average molecular weight is 276 g/mol. The van der Waals surface area contributed by atoms with Gasteiger partial charge in [-0.2, -0.15) is 0 Å². The second kappa shape index (κ2) is 4.59. The van der Waals surface area contributed by atoms with E-state index in [1.165, 1.54) is 11.8 Å². The third kappa shape index (κ3) is 1.96. The van der Waals surface area contributed by atoms with Crippen LogP contribution in [-0.2, 0) is 0 Å². The minimum absolute atomic E-state index is 0.236. The Bertz CT molecular complexity index is 612. The molecule has 0 atom stereocenters. The van der Waals surface area contributed by atoms with Gasteiger partial charge in [0.05, 0.1) is 21.8 Å². The second-order valence-corrected chi connectivity index (χ2v) is 5.30. The highest BCUT2D eigenvalue weighted by molar-refractivity contribution is 8.03. The molecular formula is C14H10ClNOS. The zero-order chi connectivity index (χ0) is 12.5. The average Bonchev–Trinajstić information content (AvgIpc) is 2.40. The van der Waals surface area contributed by atoms with Gasteiger partial charge in [-0.3, -0.25) is 0 Å². The molecule has 0 saturated carbocycles. The first kappa shape index (κ1) is 11.5. The van der Waals surface area contributed by atoms with Gasteiger partial charge in [-0.25, -0.2) is 0 Å². The Labute approximate surface area is 115 Å². The number of nitrogens with zero attached hydrogens (tertiary/aromatic N) is 1. The quantitative estimate of drug-likeness (QED) is 0.797. The highest BCUT2D eigenvalue weighted by Gasteiger charge is 2.21. The third-order valence-corrected chi connectivity index (χ3v) is 4.06. The smallest absolute Gasteiger partial charge is 0.171 e. The zero-order valence-electron chi connectivity index (χ0n) is 9.38. The summed E-state index contributed by atoms with van der Waals surface area (Å²) in [6.07, 6.45) is 1.71. The van der Waals surface area contributed by atoms with Crippen LogP contribution in [0.3, 0.4) is 0 Å². The molecule has 1 heterocycles. The van der Waals surface area contributed by atoms with E-state index in [1.807, 2.05) is 53.4 Å². The first-order valence-electron chi connectivity index (χ1n) is 5.47. The number of para-hydroxylation sites is 1. The van der Waals surface area contributed by atoms with Gasteiger partial charge in [0.25, 0.3) is 0 Å². The topological polar surface area (TPSA) is 23.5 Å². The molecule has 2 aromatic rings. The van der Waals surface area contributed by atoms with Gasteiger partial charge in [-0.1, -0.05) is 35.9 Å². The lowest BCUT2D eigenvalue weighted by Crippen LogP contribution is -2.13. The maximum absolute atomic E-state index is 9.84. The van der Waals surface area contributed by atoms with Crippen LogP contribution < -0.4 is 4.90 Å². The molecule has 0 spiro atoms. The Balaban J connectivity index is 2.16. The Morgan fingerprint density at radius 3 is 2.56 bits per heavy atom. The lowest BCUT2D eigenvalue weighted by Gasteiger charge is -2.27. The standard InChI is InChI=1S/C14H10ClNOS/c15-11-7-4-8-12-14(11)18-13(17)9-16(12)10-5-2-1-3-6-10/h1-9,17H. The predicted octanol–water partition coefficient (Wildman–Crippen LogP) is 4.94. The molecule has 0 saturated heterocycles. The fraction of sp³-hybridized carbons (Fsp3) is 0. The van der Waals surface area contributed by atoms with Crippen molar-refractivity contribution in [3.8, 4) is 0 Å². The van der Waals surface area contributed by atoms with E-state index in [0.717, 1.165) is 16.3 Å². The fourth-order valence-electron chi connectivity index (χ4n) is 1.90. The van der Waals surface area contributed by atoms with E-state index in [-0.39, 0.29) is 5.09 Å². The summed E-state index contributed by atoms with van der Waals surface area (Å²) < 4.78 is 0. The molecule has 4 heteroatoms. The van der Waals surface area contributed by atoms with Crippen LogP contribution in [0.4, 0.5) is 11.4 Å². The molecule has 2 aromatic carbocycles. The molecule has 0 aromatic heterocycles. The number of anilines is 2. The molecule has 18 heavy (non-hydrogen) atoms. The fourth-order valence-corrected chi connectivity index (χ4v) is 2.99. The van der Waals surface area contributed by atoms with E-state index >= 15 is 0 Å². The monoisotopic (exact) mass is 275 g/mol. The predicted molar refractivity (Wildman–Crippen MR) is 76.6 cm³/mol. The van der Waals surface area contributed by atoms with Crippen molar-refractivity contribution in [2.45, 2.75) is 4.90 Å². The molecule has 0 radical (unpaired) electrons. The summed E-state index contributed by atoms with van der Waals surface area (Å²) in [5, 5.41) is 10.7. The Hall–Kier alpha value is -1.58. The lowest BCUT2D eigenvalue weighted by molar-refractivity contribution is 0.453. The summed E-state index contributed by atoms with van der Waals surface area (Å²) in [5.74, 6) is 0. The maximum Gasteiger partial charge on any atom is 0.171 e. The van der Waals surface area contributed by atoms with Crippen LogP contribution in [-0.4, -0.2) is 5.11 Å². The van der Waals surface area contributed by atoms with Crippen molar-refractivity contribution >= 4 is 34.7 Å². The number of halogens is 1. The minimum atomic E-state index is 0.236. The van der Waals surface area contributed by atoms with Gasteiger partial charge < -0.3 is 10.0 Å². The van der Waals surface area contributed by atoms with Crippen molar-refractivity contribution in [1.29, 1.82) is 0 Å². The summed E-state index contributed by atoms with van der Waals surface area (Å²) in [6.45, 7) is 0. The Kier molecular flexibility index (Phi) is 2.94. The largest absolute Gasteiger partial charge is 0.501 e. The number of thioether (sulfide) groups is 1. The zero-order valence-corrected chi connectivity index (χ0v) is 10.9. The summed E-state index contributed by atoms with van der Waals surface area (Å²) in [6, 6.07) is 15.6. The van der Waals surface area contributed by atoms with Gasteiger partial charge in [-0.05, 0) is 36.0 Å². The van der Waals surface area contributed by atoms with Crippen molar-refractivity contribution in [1.82, 2.24) is 0 Å². The summed E-state index contributed by atoms with van der Waals surface area (Å²) in [4.78, 5) is 2.82. The number of aliphatic hydroxyl groups is 1. The number of fused-ring (bicyclic) bond motifs is 1. The molecule has 0 unspecified atom stereocenters. The lowest BCUT2D eigenvalue weighted by atomic mass is 10.2. The second-order valence-electron chi connectivity index (χ2n) is 3.86. The van der Waals surface area contributed by atoms with Crippen LogP contribution in [0.5, 0.6) is 0 Å². The highest BCUT2D eigenvalue weighted by atomic mass is 35.5. The van der Waals surface area contributed by atoms with Crippen molar-refractivity contribution in [3.05, 3.63) is 64.8 Å². The number of hydrogen-bond acceptors (Lipinski definition) is 3. The van der Waals surface area contributed by atoms with Gasteiger partial charge in [0.15, 0.2) is 5.09 Å². The molecule has 0 bridgehead atoms. The van der Waals surface area contributed by atoms with Crippen molar-refractivity contribution in [3.63, 3.8) is 0 Å². The summed E-state index contributed by atoms with van der Waals surface area (Å²) in [5.41, 5.74) is 1.98. The van der Waals surface area contributed by atoms with Crippen LogP contribution in [0.2, 0.25) is 5.02 Å². The molecule has 1 N–H and O–H groups in total. The molecule has 2 nitrogen and oxygen atoms in total. The number of hydrogen-bond donors (Lipinski definition) is 1. The van der Waals surface area contributed by atoms with E-state index in [4.69, 9.17) is 11.6 Å². The number of rotatable bonds is 1. The normalized spacial score (nSPS) is 14.1. The van der Waals surface area contributed by atoms with Crippen molar-refractivity contribution < 1.29 is 5.11 Å². The van der Waals surface area contributed by atoms with Gasteiger partial charge in [0, 0.05) is 5.69 Å². The Morgan fingerprint density at radius 2 is 1.78 bits per heavy atom. The van der Waals surface area contributed by atoms with E-state index in [9.17, 15) is 5.11 Å². The number of benzene rings is 2. The van der Waals surface area contributed by atoms with E-state index in [2.05, 4.69) is 0 Å². The van der Waals surface area contributed by atoms with Gasteiger partial charge in [-0.15, -0.1) is 0 Å². The molecule has 0 aliphatic carbocycles. The van der Waals surface area contributed by atoms with Crippen molar-refractivity contribution in [2.75, 3.05) is 4.90 Å². The van der Waals surface area contributed by atoms with Gasteiger partial charge in [0.1, 0.15) is 0 Å². The van der Waals surface area contributed by atoms with Gasteiger partial charge in [0.2, 0.25) is 0 Å². The van der Waals surface area contributed by atoms with Crippen LogP contribution in [0.25, 0.3) is 0 Å². The number of aliphatic hydroxyl groups excluding tert-OH is 1. The highest BCUT2D eigenvalue weighted by Crippen LogP contribution is 2.45. The first-order valence-corrected chi connectivity index (χ1v) is 6.66. The molecule has 3 rings (SSSR count). The summed E-state index contributed by atoms with van der Waals surface area (Å²) in [7, 11) is 0. The molecule has 0 amide bonds. The van der Waals surface area contributed by atoms with E-state index < -0.39 is 0 Å². The van der Waals surface area contributed by atoms with Crippen LogP contribution in [0.15, 0.2) is 64.7 Å². The minimum Gasteiger partial charge on any atom is -0.501 e. The molecule has 0 fully saturated rings. The van der Waals surface area contributed by atoms with E-state index in [1.54, 1.807) is 6.20 Å². The maximum atomic E-state index is 9.84. The van der Waals surface area contributed by atoms with Crippen LogP contribution in [0.1, 0.15) is 0 Å². The molecule has 90 valence electrons. The van der Waals surface area contributed by atoms with E-state index in [0.29, 0.717) is 5.02 Å². The van der Waals surface area contributed by atoms with Crippen LogP contribution >= 0.6 is 23.4 Å². The summed E-state index contributed by atoms with van der Waals surface area (Å²) >= 11 is 7.45. The van der Waals surface area contributed by atoms with Crippen LogP contribution in [0, 0.1) is 0 Å². The third-order valence-electron chi connectivity index (χ3n) is 2.69. The Morgan fingerprint density at radius 1 is 1.00 bits per heavy atom.